The molecule has 4 aromatic rings. The first-order valence-electron chi connectivity index (χ1n) is 8.75. The van der Waals surface area contributed by atoms with Crippen molar-refractivity contribution in [3.63, 3.8) is 0 Å². The summed E-state index contributed by atoms with van der Waals surface area (Å²) in [5, 5.41) is 0.507. The smallest absolute Gasteiger partial charge is 0.266 e. The van der Waals surface area contributed by atoms with Gasteiger partial charge in [0.05, 0.1) is 16.6 Å². The lowest BCUT2D eigenvalue weighted by Crippen LogP contribution is -2.22. The summed E-state index contributed by atoms with van der Waals surface area (Å²) in [6.07, 6.45) is 3.23. The van der Waals surface area contributed by atoms with Crippen LogP contribution in [-0.4, -0.2) is 9.55 Å². The molecule has 0 unspecified atom stereocenters. The van der Waals surface area contributed by atoms with Crippen molar-refractivity contribution < 1.29 is 8.78 Å². The van der Waals surface area contributed by atoms with Crippen LogP contribution in [-0.2, 0) is 0 Å². The molecule has 0 atom stereocenters. The number of rotatable bonds is 3. The highest BCUT2D eigenvalue weighted by atomic mass is 19.2. The second kappa shape index (κ2) is 7.19. The molecule has 0 aliphatic carbocycles. The molecule has 0 radical (unpaired) electrons. The van der Waals surface area contributed by atoms with E-state index in [0.29, 0.717) is 28.0 Å². The van der Waals surface area contributed by atoms with Gasteiger partial charge in [0, 0.05) is 0 Å². The van der Waals surface area contributed by atoms with Gasteiger partial charge in [0.1, 0.15) is 5.82 Å². The molecule has 0 aliphatic heterocycles. The second-order valence-corrected chi connectivity index (χ2v) is 6.47. The summed E-state index contributed by atoms with van der Waals surface area (Å²) >= 11 is 0. The standard InChI is InChI=1S/C23H16F2N2O/c1-15-6-10-17(11-7-15)27-22(13-9-16-8-12-19(24)20(25)14-16)26-21-5-3-2-4-18(21)23(27)28/h2-14H,1H3/b13-9+. The summed E-state index contributed by atoms with van der Waals surface area (Å²) < 4.78 is 28.1. The van der Waals surface area contributed by atoms with Gasteiger partial charge >= 0.3 is 0 Å². The van der Waals surface area contributed by atoms with E-state index in [-0.39, 0.29) is 5.56 Å². The van der Waals surface area contributed by atoms with Crippen LogP contribution in [0.1, 0.15) is 17.0 Å². The van der Waals surface area contributed by atoms with Crippen molar-refractivity contribution in [1.82, 2.24) is 9.55 Å². The maximum Gasteiger partial charge on any atom is 0.266 e. The topological polar surface area (TPSA) is 34.9 Å². The molecular formula is C23H16F2N2O. The molecule has 28 heavy (non-hydrogen) atoms. The van der Waals surface area contributed by atoms with Crippen molar-refractivity contribution in [3.8, 4) is 5.69 Å². The minimum atomic E-state index is -0.926. The van der Waals surface area contributed by atoms with Gasteiger partial charge < -0.3 is 0 Å². The van der Waals surface area contributed by atoms with E-state index in [1.54, 1.807) is 30.4 Å². The molecule has 3 nitrogen and oxygen atoms in total. The molecule has 0 fully saturated rings. The summed E-state index contributed by atoms with van der Waals surface area (Å²) in [7, 11) is 0. The normalized spacial score (nSPS) is 11.4. The molecule has 0 aliphatic rings. The molecular weight excluding hydrogens is 358 g/mol. The maximum absolute atomic E-state index is 13.5. The molecule has 0 saturated heterocycles. The predicted octanol–water partition coefficient (Wildman–Crippen LogP) is 5.14. The van der Waals surface area contributed by atoms with Gasteiger partial charge in [0.25, 0.3) is 5.56 Å². The highest BCUT2D eigenvalue weighted by Gasteiger charge is 2.11. The number of hydrogen-bond donors (Lipinski definition) is 0. The number of aromatic nitrogens is 2. The third-order valence-electron chi connectivity index (χ3n) is 4.46. The van der Waals surface area contributed by atoms with Gasteiger partial charge in [0.2, 0.25) is 0 Å². The molecule has 0 spiro atoms. The SMILES string of the molecule is Cc1ccc(-n2c(/C=C/c3ccc(F)c(F)c3)nc3ccccc3c2=O)cc1. The molecule has 138 valence electrons. The molecule has 5 heteroatoms. The minimum absolute atomic E-state index is 0.195. The number of para-hydroxylation sites is 1. The summed E-state index contributed by atoms with van der Waals surface area (Å²) in [6.45, 7) is 1.97. The number of hydrogen-bond acceptors (Lipinski definition) is 2. The van der Waals surface area contributed by atoms with E-state index in [4.69, 9.17) is 0 Å². The largest absolute Gasteiger partial charge is 0.268 e. The highest BCUT2D eigenvalue weighted by Crippen LogP contribution is 2.17. The van der Waals surface area contributed by atoms with E-state index in [1.165, 1.54) is 10.6 Å². The lowest BCUT2D eigenvalue weighted by atomic mass is 10.2. The number of benzene rings is 3. The van der Waals surface area contributed by atoms with Crippen molar-refractivity contribution in [2.45, 2.75) is 6.92 Å². The Morgan fingerprint density at radius 1 is 0.893 bits per heavy atom. The van der Waals surface area contributed by atoms with E-state index >= 15 is 0 Å². The van der Waals surface area contributed by atoms with Gasteiger partial charge in [-0.05, 0) is 55.0 Å². The first-order valence-corrected chi connectivity index (χ1v) is 8.75. The Bertz CT molecular complexity index is 1260. The van der Waals surface area contributed by atoms with Crippen LogP contribution < -0.4 is 5.56 Å². The molecule has 3 aromatic carbocycles. The first-order chi connectivity index (χ1) is 13.5. The van der Waals surface area contributed by atoms with Crippen LogP contribution in [0.4, 0.5) is 8.78 Å². The number of nitrogens with zero attached hydrogens (tertiary/aromatic N) is 2. The Morgan fingerprint density at radius 3 is 2.39 bits per heavy atom. The highest BCUT2D eigenvalue weighted by molar-refractivity contribution is 5.80. The van der Waals surface area contributed by atoms with E-state index < -0.39 is 11.6 Å². The van der Waals surface area contributed by atoms with Gasteiger partial charge in [0.15, 0.2) is 11.6 Å². The van der Waals surface area contributed by atoms with Crippen molar-refractivity contribution in [2.75, 3.05) is 0 Å². The molecule has 0 saturated carbocycles. The Kier molecular flexibility index (Phi) is 4.57. The molecule has 1 aromatic heterocycles. The van der Waals surface area contributed by atoms with Crippen molar-refractivity contribution >= 4 is 23.1 Å². The zero-order valence-corrected chi connectivity index (χ0v) is 15.1. The molecule has 0 bridgehead atoms. The monoisotopic (exact) mass is 374 g/mol. The predicted molar refractivity (Wildman–Crippen MR) is 107 cm³/mol. The lowest BCUT2D eigenvalue weighted by Gasteiger charge is -2.11. The molecule has 0 amide bonds. The maximum atomic E-state index is 13.5. The molecule has 1 heterocycles. The van der Waals surface area contributed by atoms with Crippen LogP contribution in [0.2, 0.25) is 0 Å². The summed E-state index contributed by atoms with van der Waals surface area (Å²) in [5.41, 5.74) is 2.60. The fourth-order valence-electron chi connectivity index (χ4n) is 2.99. The second-order valence-electron chi connectivity index (χ2n) is 6.47. The lowest BCUT2D eigenvalue weighted by molar-refractivity contribution is 0.508. The van der Waals surface area contributed by atoms with Crippen molar-refractivity contribution in [3.05, 3.63) is 106 Å². The molecule has 4 rings (SSSR count). The fourth-order valence-corrected chi connectivity index (χ4v) is 2.99. The zero-order valence-electron chi connectivity index (χ0n) is 15.1. The Morgan fingerprint density at radius 2 is 1.64 bits per heavy atom. The van der Waals surface area contributed by atoms with Gasteiger partial charge in [-0.25, -0.2) is 13.8 Å². The van der Waals surface area contributed by atoms with E-state index in [1.807, 2.05) is 37.3 Å². The third-order valence-corrected chi connectivity index (χ3v) is 4.46. The van der Waals surface area contributed by atoms with Crippen LogP contribution in [0.15, 0.2) is 71.5 Å². The average molecular weight is 374 g/mol. The molecule has 0 N–H and O–H groups in total. The Hall–Kier alpha value is -3.60. The van der Waals surface area contributed by atoms with Crippen LogP contribution in [0.25, 0.3) is 28.7 Å². The van der Waals surface area contributed by atoms with Gasteiger partial charge in [-0.15, -0.1) is 0 Å². The quantitative estimate of drug-likeness (QED) is 0.497. The van der Waals surface area contributed by atoms with Gasteiger partial charge in [-0.1, -0.05) is 42.0 Å². The number of halogens is 2. The first kappa shape index (κ1) is 17.8. The third kappa shape index (κ3) is 3.34. The van der Waals surface area contributed by atoms with E-state index in [2.05, 4.69) is 4.98 Å². The summed E-state index contributed by atoms with van der Waals surface area (Å²) in [4.78, 5) is 17.7. The van der Waals surface area contributed by atoms with E-state index in [9.17, 15) is 13.6 Å². The summed E-state index contributed by atoms with van der Waals surface area (Å²) in [5.74, 6) is -1.43. The van der Waals surface area contributed by atoms with E-state index in [0.717, 1.165) is 17.7 Å². The number of fused-ring (bicyclic) bond motifs is 1. The van der Waals surface area contributed by atoms with Crippen LogP contribution in [0.3, 0.4) is 0 Å². The van der Waals surface area contributed by atoms with Crippen molar-refractivity contribution in [1.29, 1.82) is 0 Å². The van der Waals surface area contributed by atoms with Crippen LogP contribution in [0, 0.1) is 18.6 Å². The Labute approximate surface area is 160 Å². The summed E-state index contributed by atoms with van der Waals surface area (Å²) in [6, 6.07) is 18.3. The fraction of sp³-hybridized carbons (Fsp3) is 0.0435. The zero-order chi connectivity index (χ0) is 19.7. The minimum Gasteiger partial charge on any atom is -0.268 e. The van der Waals surface area contributed by atoms with Crippen molar-refractivity contribution in [2.24, 2.45) is 0 Å². The number of aryl methyl sites for hydroxylation is 1. The average Bonchev–Trinajstić information content (AvgIpc) is 2.70. The Balaban J connectivity index is 1.91. The van der Waals surface area contributed by atoms with Gasteiger partial charge in [-0.3, -0.25) is 9.36 Å². The van der Waals surface area contributed by atoms with Crippen LogP contribution in [0.5, 0.6) is 0 Å². The van der Waals surface area contributed by atoms with Gasteiger partial charge in [-0.2, -0.15) is 0 Å². The van der Waals surface area contributed by atoms with Crippen LogP contribution >= 0.6 is 0 Å².